The van der Waals surface area contributed by atoms with Crippen molar-refractivity contribution in [3.63, 3.8) is 0 Å². The second-order valence-corrected chi connectivity index (χ2v) is 1.34. The fraction of sp³-hybridized carbons (Fsp3) is 0. The first-order valence-corrected chi connectivity index (χ1v) is 2.19. The van der Waals surface area contributed by atoms with E-state index >= 15 is 0 Å². The van der Waals surface area contributed by atoms with Crippen LogP contribution < -0.4 is 27.1 Å². The van der Waals surface area contributed by atoms with Crippen LogP contribution in [0.3, 0.4) is 0 Å². The van der Waals surface area contributed by atoms with Gasteiger partial charge in [-0.15, -0.1) is 0 Å². The zero-order chi connectivity index (χ0) is 4.50. The summed E-state index contributed by atoms with van der Waals surface area (Å²) in [6.45, 7) is 0. The third-order valence-corrected chi connectivity index (χ3v) is 0. The average Bonchev–Trinajstić information content (AvgIpc) is 0.722. The van der Waals surface area contributed by atoms with E-state index < -0.39 is 7.82 Å². The Labute approximate surface area is 93.0 Å². The van der Waals surface area contributed by atoms with Crippen LogP contribution in [-0.4, -0.2) is 54.6 Å². The first-order valence-electron chi connectivity index (χ1n) is 0.730. The van der Waals surface area contributed by atoms with Crippen LogP contribution in [0.1, 0.15) is 0 Å². The normalized spacial score (nSPS) is 7.38. The first-order chi connectivity index (χ1) is 2.00. The second-order valence-electron chi connectivity index (χ2n) is 0.447. The topological polar surface area (TPSA) is 86.2 Å². The molecule has 0 saturated carbocycles. The van der Waals surface area contributed by atoms with Gasteiger partial charge in [0.1, 0.15) is 0 Å². The van der Waals surface area contributed by atoms with Crippen molar-refractivity contribution in [2.24, 2.45) is 0 Å². The fourth-order valence-corrected chi connectivity index (χ4v) is 0. The molecule has 0 bridgehead atoms. The Bertz CT molecular complexity index is 60.2. The van der Waals surface area contributed by atoms with Gasteiger partial charge in [0.2, 0.25) is 0 Å². The molecular weight excluding hydrogens is 545 g/mol. The van der Waals surface area contributed by atoms with Crippen molar-refractivity contribution in [2.45, 2.75) is 0 Å². The smallest absolute Gasteiger partial charge is 1.00 e. The van der Waals surface area contributed by atoms with E-state index in [1.165, 1.54) is 0 Å². The summed E-state index contributed by atoms with van der Waals surface area (Å²) in [4.78, 5) is 25.6. The van der Waals surface area contributed by atoms with E-state index in [2.05, 4.69) is 0 Å². The number of rotatable bonds is 0. The summed E-state index contributed by atoms with van der Waals surface area (Å²) in [5.74, 6) is 0. The Morgan fingerprint density at radius 1 is 1.00 bits per heavy atom. The molecule has 0 heterocycles. The summed E-state index contributed by atoms with van der Waals surface area (Å²) in [6.07, 6.45) is 0. The Kier molecular flexibility index (Phi) is 25.9. The van der Waals surface area contributed by atoms with Crippen LogP contribution in [0.5, 0.6) is 0 Å². The Morgan fingerprint density at radius 3 is 1.00 bits per heavy atom. The summed E-state index contributed by atoms with van der Waals surface area (Å²) < 4.78 is 8.55. The molecule has 0 saturated heterocycles. The largest absolute Gasteiger partial charge is 2.00 e. The molecule has 0 aromatic heterocycles. The Hall–Kier alpha value is 2.24. The maximum Gasteiger partial charge on any atom is 2.00 e. The fourth-order valence-electron chi connectivity index (χ4n) is 0. The van der Waals surface area contributed by atoms with Crippen molar-refractivity contribution in [3.8, 4) is 0 Å². The monoisotopic (exact) mass is 546 g/mol. The van der Waals surface area contributed by atoms with Crippen molar-refractivity contribution >= 4 is 62.4 Å². The van der Waals surface area contributed by atoms with Gasteiger partial charge in [-0.1, -0.05) is 0 Å². The van der Waals surface area contributed by atoms with Gasteiger partial charge in [-0.25, -0.2) is 0 Å². The molecule has 0 amide bonds. The molecule has 0 atom stereocenters. The maximum atomic E-state index is 8.55. The van der Waals surface area contributed by atoms with E-state index in [9.17, 15) is 0 Å². The third kappa shape index (κ3) is 85.9. The molecule has 0 aromatic rings. The van der Waals surface area contributed by atoms with Crippen LogP contribution in [0.2, 0.25) is 0 Å². The molecule has 0 aliphatic carbocycles. The van der Waals surface area contributed by atoms with E-state index in [4.69, 9.17) is 19.2 Å². The van der Waals surface area contributed by atoms with Crippen LogP contribution in [0.25, 0.3) is 0 Å². The molecule has 0 rings (SSSR count). The predicted octanol–water partition coefficient (Wildman–Crippen LogP) is -6.58. The SMILES string of the molecule is O=P([O-])([O-])[O-].[Cl-].[Pb+2].[Pb+2]. The average molecular weight is 545 g/mol. The molecule has 4 radical (unpaired) electrons. The van der Waals surface area contributed by atoms with Crippen molar-refractivity contribution in [3.05, 3.63) is 0 Å². The standard InChI is InChI=1S/ClH.H3O4P.2Pb/c;1-5(2,3)4;;/h1H;(H3,1,2,3,4);;/q;;2*+2/p-4. The van der Waals surface area contributed by atoms with Crippen molar-refractivity contribution in [2.75, 3.05) is 0 Å². The molecule has 0 aromatic carbocycles. The molecule has 0 aliphatic heterocycles. The summed E-state index contributed by atoms with van der Waals surface area (Å²) in [6, 6.07) is 0. The summed E-state index contributed by atoms with van der Waals surface area (Å²) in [7, 11) is -5.39. The summed E-state index contributed by atoms with van der Waals surface area (Å²) in [5, 5.41) is 0. The minimum Gasteiger partial charge on any atom is -1.00 e. The minimum atomic E-state index is -5.39. The Balaban J connectivity index is -0.0000000267. The van der Waals surface area contributed by atoms with Crippen LogP contribution >= 0.6 is 7.82 Å². The van der Waals surface area contributed by atoms with Gasteiger partial charge < -0.3 is 31.7 Å². The van der Waals surface area contributed by atoms with Gasteiger partial charge in [0.25, 0.3) is 0 Å². The van der Waals surface area contributed by atoms with Crippen LogP contribution in [0.15, 0.2) is 0 Å². The van der Waals surface area contributed by atoms with Gasteiger partial charge in [0.05, 0.1) is 0 Å². The molecule has 0 unspecified atom stereocenters. The molecule has 0 aliphatic rings. The summed E-state index contributed by atoms with van der Waals surface area (Å²) >= 11 is 0. The van der Waals surface area contributed by atoms with Crippen molar-refractivity contribution in [1.82, 2.24) is 0 Å². The van der Waals surface area contributed by atoms with E-state index in [-0.39, 0.29) is 67.0 Å². The zero-order valence-electron chi connectivity index (χ0n) is 3.46. The molecular formula is ClO4PPb2. The van der Waals surface area contributed by atoms with Gasteiger partial charge in [-0.2, -0.15) is 7.82 Å². The van der Waals surface area contributed by atoms with E-state index in [1.54, 1.807) is 0 Å². The minimum absolute atomic E-state index is 0. The van der Waals surface area contributed by atoms with E-state index in [1.807, 2.05) is 0 Å². The molecule has 4 nitrogen and oxygen atoms in total. The van der Waals surface area contributed by atoms with Gasteiger partial charge in [0, 0.05) is 0 Å². The number of hydrogen-bond donors (Lipinski definition) is 0. The van der Waals surface area contributed by atoms with Gasteiger partial charge in [0.15, 0.2) is 0 Å². The molecule has 0 N–H and O–H groups in total. The van der Waals surface area contributed by atoms with Crippen molar-refractivity contribution in [1.29, 1.82) is 0 Å². The molecule has 0 fully saturated rings. The zero-order valence-corrected chi connectivity index (χ0v) is 12.9. The van der Waals surface area contributed by atoms with Crippen LogP contribution in [0, 0.1) is 0 Å². The number of halogens is 1. The van der Waals surface area contributed by atoms with Gasteiger partial charge in [-0.3, -0.25) is 0 Å². The molecule has 0 spiro atoms. The van der Waals surface area contributed by atoms with Crippen molar-refractivity contribution < 1.29 is 31.7 Å². The van der Waals surface area contributed by atoms with E-state index in [0.717, 1.165) is 0 Å². The van der Waals surface area contributed by atoms with Crippen LogP contribution in [-0.2, 0) is 4.57 Å². The molecule has 8 heavy (non-hydrogen) atoms. The quantitative estimate of drug-likeness (QED) is 0.224. The Morgan fingerprint density at radius 2 is 1.00 bits per heavy atom. The maximum absolute atomic E-state index is 8.55. The van der Waals surface area contributed by atoms with Crippen LogP contribution in [0.4, 0.5) is 0 Å². The molecule has 44 valence electrons. The first kappa shape index (κ1) is 22.5. The second kappa shape index (κ2) is 9.24. The van der Waals surface area contributed by atoms with Gasteiger partial charge in [-0.05, 0) is 0 Å². The summed E-state index contributed by atoms with van der Waals surface area (Å²) in [5.41, 5.74) is 0. The molecule has 8 heteroatoms. The predicted molar refractivity (Wildman–Crippen MR) is 19.1 cm³/mol. The number of hydrogen-bond acceptors (Lipinski definition) is 4. The number of phosphoric acid groups is 1. The third-order valence-electron chi connectivity index (χ3n) is 0. The van der Waals surface area contributed by atoms with Gasteiger partial charge >= 0.3 is 54.6 Å². The van der Waals surface area contributed by atoms with E-state index in [0.29, 0.717) is 0 Å².